The van der Waals surface area contributed by atoms with E-state index in [9.17, 15) is 19.1 Å². The number of hydrogen-bond donors (Lipinski definition) is 1. The van der Waals surface area contributed by atoms with Crippen LogP contribution < -0.4 is 0 Å². The third-order valence-corrected chi connectivity index (χ3v) is 9.05. The highest BCUT2D eigenvalue weighted by Crippen LogP contribution is 2.51. The number of amides is 2. The lowest BCUT2D eigenvalue weighted by Crippen LogP contribution is -2.42. The van der Waals surface area contributed by atoms with E-state index in [2.05, 4.69) is 13.8 Å². The maximum Gasteiger partial charge on any atom is 0.234 e. The van der Waals surface area contributed by atoms with Crippen LogP contribution in [-0.4, -0.2) is 40.6 Å². The lowest BCUT2D eigenvalue weighted by atomic mass is 9.69. The van der Waals surface area contributed by atoms with Crippen molar-refractivity contribution in [1.29, 1.82) is 0 Å². The first-order valence-electron chi connectivity index (χ1n) is 14.3. The maximum atomic E-state index is 13.9. The summed E-state index contributed by atoms with van der Waals surface area (Å²) >= 11 is 0. The Morgan fingerprint density at radius 1 is 1.11 bits per heavy atom. The Balaban J connectivity index is 1.33. The van der Waals surface area contributed by atoms with Crippen molar-refractivity contribution < 1.29 is 23.8 Å². The fourth-order valence-corrected chi connectivity index (χ4v) is 7.29. The third kappa shape index (κ3) is 5.01. The van der Waals surface area contributed by atoms with Crippen LogP contribution in [0.25, 0.3) is 6.08 Å². The van der Waals surface area contributed by atoms with Gasteiger partial charge < -0.3 is 9.84 Å². The molecule has 1 aromatic carbocycles. The minimum Gasteiger partial charge on any atom is -0.505 e. The third-order valence-electron chi connectivity index (χ3n) is 9.05. The van der Waals surface area contributed by atoms with Crippen LogP contribution in [0.2, 0.25) is 0 Å². The SMILES string of the molecule is CCC/C(=C\c1ccc(O)c(F)c1)CC[C@H]1OC[C@H]2C1=C(CC)C[C@H]1C(=O)N(C3CCCCC3)C(=O)[C@H]12. The molecule has 37 heavy (non-hydrogen) atoms. The van der Waals surface area contributed by atoms with Crippen LogP contribution in [0, 0.1) is 23.6 Å². The Bertz CT molecular complexity index is 1100. The molecule has 5 rings (SSSR count). The highest BCUT2D eigenvalue weighted by Gasteiger charge is 2.57. The highest BCUT2D eigenvalue weighted by molar-refractivity contribution is 6.06. The zero-order valence-electron chi connectivity index (χ0n) is 22.2. The normalized spacial score (nSPS) is 28.7. The van der Waals surface area contributed by atoms with Crippen molar-refractivity contribution in [1.82, 2.24) is 4.90 Å². The number of carbonyl (C=O) groups is 2. The Kier molecular flexibility index (Phi) is 7.85. The number of imide groups is 1. The van der Waals surface area contributed by atoms with Crippen LogP contribution in [0.3, 0.4) is 0 Å². The number of carbonyl (C=O) groups excluding carboxylic acids is 2. The number of benzene rings is 1. The number of allylic oxidation sites excluding steroid dienone is 2. The first kappa shape index (κ1) is 26.1. The summed E-state index contributed by atoms with van der Waals surface area (Å²) in [5.74, 6) is -1.32. The number of aromatic hydroxyl groups is 1. The minimum absolute atomic E-state index is 0.00791. The predicted molar refractivity (Wildman–Crippen MR) is 141 cm³/mol. The van der Waals surface area contributed by atoms with Gasteiger partial charge in [-0.15, -0.1) is 0 Å². The molecule has 2 aliphatic carbocycles. The van der Waals surface area contributed by atoms with E-state index in [0.29, 0.717) is 13.0 Å². The van der Waals surface area contributed by atoms with Gasteiger partial charge in [0.25, 0.3) is 0 Å². The second-order valence-electron chi connectivity index (χ2n) is 11.3. The van der Waals surface area contributed by atoms with E-state index >= 15 is 0 Å². The van der Waals surface area contributed by atoms with Crippen molar-refractivity contribution in [2.75, 3.05) is 6.61 Å². The molecule has 2 aliphatic heterocycles. The molecule has 2 amide bonds. The second kappa shape index (κ2) is 11.1. The lowest BCUT2D eigenvalue weighted by molar-refractivity contribution is -0.143. The molecule has 1 N–H and O–H groups in total. The summed E-state index contributed by atoms with van der Waals surface area (Å²) in [5.41, 5.74) is 4.56. The van der Waals surface area contributed by atoms with Crippen LogP contribution in [-0.2, 0) is 14.3 Å². The average Bonchev–Trinajstić information content (AvgIpc) is 3.43. The molecule has 2 saturated heterocycles. The summed E-state index contributed by atoms with van der Waals surface area (Å²) in [4.78, 5) is 28.8. The fraction of sp³-hybridized carbons (Fsp3) is 0.613. The van der Waals surface area contributed by atoms with Gasteiger partial charge in [-0.3, -0.25) is 14.5 Å². The van der Waals surface area contributed by atoms with Crippen LogP contribution in [0.4, 0.5) is 4.39 Å². The summed E-state index contributed by atoms with van der Waals surface area (Å²) in [6.07, 6.45) is 12.4. The Hall–Kier alpha value is -2.47. The van der Waals surface area contributed by atoms with Gasteiger partial charge in [0, 0.05) is 12.0 Å². The molecule has 1 saturated carbocycles. The Morgan fingerprint density at radius 2 is 1.89 bits per heavy atom. The molecule has 2 heterocycles. The molecule has 4 aliphatic rings. The molecule has 0 bridgehead atoms. The Morgan fingerprint density at radius 3 is 2.59 bits per heavy atom. The topological polar surface area (TPSA) is 66.8 Å². The average molecular weight is 510 g/mol. The second-order valence-corrected chi connectivity index (χ2v) is 11.3. The zero-order valence-corrected chi connectivity index (χ0v) is 22.2. The monoisotopic (exact) mass is 509 g/mol. The lowest BCUT2D eigenvalue weighted by Gasteiger charge is -2.31. The molecule has 4 atom stereocenters. The molecule has 6 heteroatoms. The van der Waals surface area contributed by atoms with Crippen molar-refractivity contribution in [3.63, 3.8) is 0 Å². The van der Waals surface area contributed by atoms with E-state index in [1.165, 1.54) is 35.3 Å². The largest absolute Gasteiger partial charge is 0.505 e. The van der Waals surface area contributed by atoms with Crippen molar-refractivity contribution in [3.8, 4) is 5.75 Å². The van der Waals surface area contributed by atoms with E-state index in [1.807, 2.05) is 6.08 Å². The first-order chi connectivity index (χ1) is 17.9. The Labute approximate surface area is 219 Å². The van der Waals surface area contributed by atoms with Gasteiger partial charge in [-0.1, -0.05) is 62.8 Å². The number of halogens is 1. The van der Waals surface area contributed by atoms with Crippen LogP contribution in [0.15, 0.2) is 34.9 Å². The summed E-state index contributed by atoms with van der Waals surface area (Å²) < 4.78 is 20.2. The van der Waals surface area contributed by atoms with Gasteiger partial charge in [-0.25, -0.2) is 4.39 Å². The summed E-state index contributed by atoms with van der Waals surface area (Å²) in [5, 5.41) is 9.51. The van der Waals surface area contributed by atoms with E-state index in [-0.39, 0.29) is 47.5 Å². The van der Waals surface area contributed by atoms with Gasteiger partial charge in [0.1, 0.15) is 0 Å². The highest BCUT2D eigenvalue weighted by atomic mass is 19.1. The number of likely N-dealkylation sites (tertiary alicyclic amines) is 1. The molecule has 0 spiro atoms. The number of rotatable bonds is 8. The zero-order chi connectivity index (χ0) is 26.1. The van der Waals surface area contributed by atoms with Crippen LogP contribution in [0.1, 0.15) is 90.0 Å². The molecule has 5 nitrogen and oxygen atoms in total. The van der Waals surface area contributed by atoms with Crippen molar-refractivity contribution in [2.24, 2.45) is 17.8 Å². The molecule has 1 aromatic rings. The molecule has 0 radical (unpaired) electrons. The number of fused-ring (bicyclic) bond motifs is 3. The van der Waals surface area contributed by atoms with Crippen LogP contribution >= 0.6 is 0 Å². The van der Waals surface area contributed by atoms with Crippen LogP contribution in [0.5, 0.6) is 5.75 Å². The van der Waals surface area contributed by atoms with E-state index in [4.69, 9.17) is 4.74 Å². The van der Waals surface area contributed by atoms with Crippen molar-refractivity contribution >= 4 is 17.9 Å². The van der Waals surface area contributed by atoms with Gasteiger partial charge in [-0.2, -0.15) is 0 Å². The van der Waals surface area contributed by atoms with E-state index < -0.39 is 5.82 Å². The van der Waals surface area contributed by atoms with Gasteiger partial charge in [-0.05, 0) is 68.2 Å². The molecule has 3 fully saturated rings. The number of phenolic OH excluding ortho intramolecular Hbond substituents is 1. The maximum absolute atomic E-state index is 13.9. The summed E-state index contributed by atoms with van der Waals surface area (Å²) in [6.45, 7) is 4.79. The van der Waals surface area contributed by atoms with Gasteiger partial charge in [0.2, 0.25) is 11.8 Å². The number of ether oxygens (including phenoxy) is 1. The number of nitrogens with zero attached hydrogens (tertiary/aromatic N) is 1. The summed E-state index contributed by atoms with van der Waals surface area (Å²) in [6, 6.07) is 4.57. The van der Waals surface area contributed by atoms with E-state index in [0.717, 1.165) is 63.4 Å². The standard InChI is InChI=1S/C31H40FNO4/c1-3-8-19(15-20-11-13-26(34)25(32)16-20)12-14-27-28-21(4-2)17-23-29(24(28)18-37-27)31(36)33(30(23)35)22-9-6-5-7-10-22/h11,13,15-16,22-24,27,29,34H,3-10,12,14,17-18H2,1-2H3/b19-15+/t23-,24+,27-,29-/m1/s1. The molecule has 200 valence electrons. The number of hydrogen-bond acceptors (Lipinski definition) is 4. The molecular formula is C31H40FNO4. The number of phenols is 1. The van der Waals surface area contributed by atoms with Crippen molar-refractivity contribution in [2.45, 2.75) is 96.6 Å². The van der Waals surface area contributed by atoms with Gasteiger partial charge in [0.15, 0.2) is 11.6 Å². The van der Waals surface area contributed by atoms with Gasteiger partial charge >= 0.3 is 0 Å². The molecule has 0 unspecified atom stereocenters. The smallest absolute Gasteiger partial charge is 0.234 e. The predicted octanol–water partition coefficient (Wildman–Crippen LogP) is 6.55. The quantitative estimate of drug-likeness (QED) is 0.319. The van der Waals surface area contributed by atoms with Gasteiger partial charge in [0.05, 0.1) is 24.5 Å². The summed E-state index contributed by atoms with van der Waals surface area (Å²) in [7, 11) is 0. The fourth-order valence-electron chi connectivity index (χ4n) is 7.29. The minimum atomic E-state index is -0.612. The van der Waals surface area contributed by atoms with E-state index in [1.54, 1.807) is 11.0 Å². The first-order valence-corrected chi connectivity index (χ1v) is 14.3. The molecule has 0 aromatic heterocycles. The molecular weight excluding hydrogens is 469 g/mol. The van der Waals surface area contributed by atoms with Crippen molar-refractivity contribution in [3.05, 3.63) is 46.3 Å².